The lowest BCUT2D eigenvalue weighted by atomic mass is 10.3. The smallest absolute Gasteiger partial charge is 0.332 e. The molecular weight excluding hydrogens is 266 g/mol. The summed E-state index contributed by atoms with van der Waals surface area (Å²) in [6, 6.07) is 0. The molecule has 0 aliphatic heterocycles. The molecule has 0 spiro atoms. The maximum atomic E-state index is 12.1. The summed E-state index contributed by atoms with van der Waals surface area (Å²) in [6.45, 7) is 0.153. The van der Waals surface area contributed by atoms with Gasteiger partial charge in [-0.05, 0) is 0 Å². The molecular formula is C11H15N5O4. The Bertz CT molecular complexity index is 756. The zero-order valence-electron chi connectivity index (χ0n) is 11.1. The van der Waals surface area contributed by atoms with Crippen molar-refractivity contribution < 1.29 is 9.90 Å². The van der Waals surface area contributed by atoms with Crippen molar-refractivity contribution in [2.24, 2.45) is 14.1 Å². The Balaban J connectivity index is 2.49. The molecule has 1 unspecified atom stereocenters. The van der Waals surface area contributed by atoms with Crippen LogP contribution in [-0.2, 0) is 25.4 Å². The Labute approximate surface area is 113 Å². The van der Waals surface area contributed by atoms with Gasteiger partial charge in [-0.3, -0.25) is 18.7 Å². The number of aryl methyl sites for hydroxylation is 1. The Morgan fingerprint density at radius 3 is 2.75 bits per heavy atom. The minimum absolute atomic E-state index is 0.0647. The number of imidazole rings is 1. The minimum Gasteiger partial charge on any atom is -0.389 e. The molecule has 1 amide bonds. The van der Waals surface area contributed by atoms with E-state index in [1.807, 2.05) is 0 Å². The van der Waals surface area contributed by atoms with Crippen LogP contribution in [0.5, 0.6) is 0 Å². The Morgan fingerprint density at radius 2 is 2.10 bits per heavy atom. The second-order valence-electron chi connectivity index (χ2n) is 4.45. The molecule has 2 N–H and O–H groups in total. The predicted molar refractivity (Wildman–Crippen MR) is 70.3 cm³/mol. The first kappa shape index (κ1) is 14.0. The number of fused-ring (bicyclic) bond motifs is 1. The normalized spacial score (nSPS) is 12.6. The van der Waals surface area contributed by atoms with Crippen LogP contribution in [0.25, 0.3) is 11.2 Å². The first-order chi connectivity index (χ1) is 9.47. The summed E-state index contributed by atoms with van der Waals surface area (Å²) in [4.78, 5) is 38.1. The van der Waals surface area contributed by atoms with Gasteiger partial charge in [0.1, 0.15) is 0 Å². The Morgan fingerprint density at radius 1 is 1.40 bits per heavy atom. The van der Waals surface area contributed by atoms with Gasteiger partial charge in [0, 0.05) is 20.6 Å². The van der Waals surface area contributed by atoms with E-state index < -0.39 is 17.4 Å². The lowest BCUT2D eigenvalue weighted by Gasteiger charge is -2.11. The fourth-order valence-corrected chi connectivity index (χ4v) is 2.01. The summed E-state index contributed by atoms with van der Waals surface area (Å²) in [7, 11) is 2.90. The highest BCUT2D eigenvalue weighted by atomic mass is 16.3. The first-order valence-corrected chi connectivity index (χ1v) is 5.93. The molecule has 0 bridgehead atoms. The third-order valence-electron chi connectivity index (χ3n) is 3.06. The number of hydrogen-bond donors (Lipinski definition) is 2. The second-order valence-corrected chi connectivity index (χ2v) is 4.45. The van der Waals surface area contributed by atoms with Gasteiger partial charge in [-0.2, -0.15) is 0 Å². The molecule has 20 heavy (non-hydrogen) atoms. The molecule has 1 atom stereocenters. The van der Waals surface area contributed by atoms with Crippen LogP contribution in [0, 0.1) is 0 Å². The number of aliphatic hydroxyl groups is 1. The molecule has 108 valence electrons. The number of carbonyl (C=O) groups excluding carboxylic acids is 1. The molecule has 2 aromatic heterocycles. The van der Waals surface area contributed by atoms with E-state index in [0.717, 1.165) is 4.57 Å². The van der Waals surface area contributed by atoms with Crippen LogP contribution in [0.1, 0.15) is 0 Å². The number of aromatic nitrogens is 4. The van der Waals surface area contributed by atoms with Crippen molar-refractivity contribution in [2.75, 3.05) is 6.54 Å². The summed E-state index contributed by atoms with van der Waals surface area (Å²) in [6.07, 6.45) is 1.01. The van der Waals surface area contributed by atoms with Crippen molar-refractivity contribution in [3.63, 3.8) is 0 Å². The average Bonchev–Trinajstić information content (AvgIpc) is 2.84. The zero-order valence-corrected chi connectivity index (χ0v) is 11.1. The SMILES string of the molecule is Cn1c(=O)c2c(ncn2CC(O)CNC=O)n(C)c1=O. The van der Waals surface area contributed by atoms with E-state index in [2.05, 4.69) is 10.3 Å². The molecule has 2 heterocycles. The highest BCUT2D eigenvalue weighted by molar-refractivity contribution is 5.69. The standard InChI is InChI=1S/C11H15N5O4/c1-14-9-8(10(19)15(2)11(14)20)16(5-13-9)4-7(18)3-12-6-17/h5-7,18H,3-4H2,1-2H3,(H,12,17). The highest BCUT2D eigenvalue weighted by Crippen LogP contribution is 2.06. The van der Waals surface area contributed by atoms with E-state index in [4.69, 9.17) is 0 Å². The molecule has 0 saturated carbocycles. The van der Waals surface area contributed by atoms with Crippen molar-refractivity contribution in [2.45, 2.75) is 12.6 Å². The summed E-state index contributed by atoms with van der Waals surface area (Å²) in [5, 5.41) is 12.1. The topological polar surface area (TPSA) is 111 Å². The van der Waals surface area contributed by atoms with Crippen LogP contribution < -0.4 is 16.6 Å². The van der Waals surface area contributed by atoms with E-state index in [-0.39, 0.29) is 24.3 Å². The maximum Gasteiger partial charge on any atom is 0.332 e. The van der Waals surface area contributed by atoms with Gasteiger partial charge in [0.05, 0.1) is 19.0 Å². The number of nitrogens with zero attached hydrogens (tertiary/aromatic N) is 4. The highest BCUT2D eigenvalue weighted by Gasteiger charge is 2.15. The van der Waals surface area contributed by atoms with Gasteiger partial charge in [-0.25, -0.2) is 9.78 Å². The van der Waals surface area contributed by atoms with Gasteiger partial charge in [-0.15, -0.1) is 0 Å². The fraction of sp³-hybridized carbons (Fsp3) is 0.455. The molecule has 2 rings (SSSR count). The summed E-state index contributed by atoms with van der Waals surface area (Å²) < 4.78 is 3.72. The van der Waals surface area contributed by atoms with E-state index in [1.165, 1.54) is 29.6 Å². The van der Waals surface area contributed by atoms with Gasteiger partial charge in [0.25, 0.3) is 5.56 Å². The predicted octanol–water partition coefficient (Wildman–Crippen LogP) is -2.46. The Kier molecular flexibility index (Phi) is 3.70. The first-order valence-electron chi connectivity index (χ1n) is 5.93. The zero-order chi connectivity index (χ0) is 14.9. The average molecular weight is 281 g/mol. The van der Waals surface area contributed by atoms with E-state index in [0.29, 0.717) is 6.41 Å². The van der Waals surface area contributed by atoms with Crippen LogP contribution in [0.2, 0.25) is 0 Å². The molecule has 0 aromatic carbocycles. The van der Waals surface area contributed by atoms with E-state index >= 15 is 0 Å². The number of nitrogens with one attached hydrogen (secondary N) is 1. The number of rotatable bonds is 5. The summed E-state index contributed by atoms with van der Waals surface area (Å²) in [5.41, 5.74) is -0.444. The number of hydrogen-bond acceptors (Lipinski definition) is 5. The van der Waals surface area contributed by atoms with Gasteiger partial charge in [0.15, 0.2) is 11.2 Å². The van der Waals surface area contributed by atoms with Crippen LogP contribution in [0.15, 0.2) is 15.9 Å². The number of carbonyl (C=O) groups is 1. The van der Waals surface area contributed by atoms with Gasteiger partial charge < -0.3 is 15.0 Å². The molecule has 9 nitrogen and oxygen atoms in total. The fourth-order valence-electron chi connectivity index (χ4n) is 2.01. The lowest BCUT2D eigenvalue weighted by Crippen LogP contribution is -2.38. The molecule has 9 heteroatoms. The quantitative estimate of drug-likeness (QED) is 0.590. The molecule has 2 aromatic rings. The summed E-state index contributed by atoms with van der Waals surface area (Å²) >= 11 is 0. The lowest BCUT2D eigenvalue weighted by molar-refractivity contribution is -0.110. The second kappa shape index (κ2) is 5.29. The minimum atomic E-state index is -0.862. The van der Waals surface area contributed by atoms with Gasteiger partial charge in [-0.1, -0.05) is 0 Å². The Hall–Kier alpha value is -2.42. The van der Waals surface area contributed by atoms with Crippen molar-refractivity contribution >= 4 is 17.6 Å². The van der Waals surface area contributed by atoms with Crippen LogP contribution in [0.3, 0.4) is 0 Å². The van der Waals surface area contributed by atoms with Crippen LogP contribution in [0.4, 0.5) is 0 Å². The van der Waals surface area contributed by atoms with Gasteiger partial charge in [0.2, 0.25) is 6.41 Å². The van der Waals surface area contributed by atoms with Crippen molar-refractivity contribution in [3.8, 4) is 0 Å². The van der Waals surface area contributed by atoms with E-state index in [9.17, 15) is 19.5 Å². The maximum absolute atomic E-state index is 12.1. The number of aliphatic hydroxyl groups excluding tert-OH is 1. The van der Waals surface area contributed by atoms with Gasteiger partial charge >= 0.3 is 5.69 Å². The monoisotopic (exact) mass is 281 g/mol. The van der Waals surface area contributed by atoms with Crippen LogP contribution >= 0.6 is 0 Å². The molecule has 0 radical (unpaired) electrons. The molecule has 0 fully saturated rings. The van der Waals surface area contributed by atoms with Crippen molar-refractivity contribution in [1.29, 1.82) is 0 Å². The molecule has 0 aliphatic carbocycles. The third-order valence-corrected chi connectivity index (χ3v) is 3.06. The molecule has 0 saturated heterocycles. The third kappa shape index (κ3) is 2.23. The van der Waals surface area contributed by atoms with Crippen molar-refractivity contribution in [3.05, 3.63) is 27.2 Å². The largest absolute Gasteiger partial charge is 0.389 e. The van der Waals surface area contributed by atoms with E-state index in [1.54, 1.807) is 0 Å². The van der Waals surface area contributed by atoms with Crippen molar-refractivity contribution in [1.82, 2.24) is 24.0 Å². The number of amides is 1. The summed E-state index contributed by atoms with van der Waals surface area (Å²) in [5.74, 6) is 0. The van der Waals surface area contributed by atoms with Crippen LogP contribution in [-0.4, -0.2) is 42.9 Å². The molecule has 0 aliphatic rings.